The lowest BCUT2D eigenvalue weighted by atomic mass is 10.4. The number of hydrogen-bond donors (Lipinski definition) is 0. The maximum atomic E-state index is 10.9. The summed E-state index contributed by atoms with van der Waals surface area (Å²) < 4.78 is 2.33. The number of rotatable bonds is 2. The quantitative estimate of drug-likeness (QED) is 0.768. The van der Waals surface area contributed by atoms with Crippen LogP contribution in [0.15, 0.2) is 27.7 Å². The molecule has 1 aromatic rings. The van der Waals surface area contributed by atoms with Crippen molar-refractivity contribution in [2.45, 2.75) is 13.0 Å². The summed E-state index contributed by atoms with van der Waals surface area (Å²) in [5, 5.41) is 8.31. The van der Waals surface area contributed by atoms with Crippen LogP contribution < -0.4 is 5.43 Å². The molecule has 62 valence electrons. The number of hydrogen-bond acceptors (Lipinski definition) is 2. The van der Waals surface area contributed by atoms with Crippen molar-refractivity contribution in [3.63, 3.8) is 0 Å². The van der Waals surface area contributed by atoms with Gasteiger partial charge < -0.3 is 4.57 Å². The molecule has 4 heteroatoms. The lowest BCUT2D eigenvalue weighted by molar-refractivity contribution is 0.706. The van der Waals surface area contributed by atoms with E-state index in [1.807, 2.05) is 6.07 Å². The molecule has 0 aliphatic rings. The SMILES string of the molecule is N#CCCn1ccc(=O)c(Br)c1. The first-order chi connectivity index (χ1) is 5.74. The second kappa shape index (κ2) is 4.07. The van der Waals surface area contributed by atoms with E-state index in [9.17, 15) is 4.79 Å². The molecule has 0 aliphatic heterocycles. The van der Waals surface area contributed by atoms with Crippen molar-refractivity contribution in [3.8, 4) is 6.07 Å². The fourth-order valence-corrected chi connectivity index (χ4v) is 1.21. The number of aromatic nitrogens is 1. The van der Waals surface area contributed by atoms with Gasteiger partial charge in [-0.1, -0.05) is 0 Å². The molecular formula is C8H7BrN2O. The first-order valence-corrected chi connectivity index (χ1v) is 4.26. The predicted molar refractivity (Wildman–Crippen MR) is 48.6 cm³/mol. The van der Waals surface area contributed by atoms with Crippen LogP contribution >= 0.6 is 15.9 Å². The molecule has 1 rings (SSSR count). The Morgan fingerprint density at radius 1 is 1.67 bits per heavy atom. The zero-order chi connectivity index (χ0) is 8.97. The normalized spacial score (nSPS) is 9.33. The zero-order valence-electron chi connectivity index (χ0n) is 6.33. The Hall–Kier alpha value is -1.08. The van der Waals surface area contributed by atoms with E-state index in [4.69, 9.17) is 5.26 Å². The van der Waals surface area contributed by atoms with Crippen molar-refractivity contribution in [2.24, 2.45) is 0 Å². The van der Waals surface area contributed by atoms with E-state index in [0.29, 0.717) is 17.4 Å². The summed E-state index contributed by atoms with van der Waals surface area (Å²) in [6.45, 7) is 0.620. The van der Waals surface area contributed by atoms with Crippen LogP contribution in [-0.4, -0.2) is 4.57 Å². The van der Waals surface area contributed by atoms with E-state index >= 15 is 0 Å². The van der Waals surface area contributed by atoms with Gasteiger partial charge in [0.1, 0.15) is 0 Å². The minimum absolute atomic E-state index is 0.0387. The van der Waals surface area contributed by atoms with Crippen molar-refractivity contribution < 1.29 is 0 Å². The van der Waals surface area contributed by atoms with E-state index in [1.54, 1.807) is 17.0 Å². The highest BCUT2D eigenvalue weighted by Crippen LogP contribution is 2.01. The van der Waals surface area contributed by atoms with Gasteiger partial charge in [0, 0.05) is 25.0 Å². The van der Waals surface area contributed by atoms with Gasteiger partial charge in [-0.05, 0) is 15.9 Å². The van der Waals surface area contributed by atoms with Crippen molar-refractivity contribution >= 4 is 15.9 Å². The van der Waals surface area contributed by atoms with Crippen LogP contribution in [0.3, 0.4) is 0 Å². The van der Waals surface area contributed by atoms with Crippen LogP contribution in [0.4, 0.5) is 0 Å². The van der Waals surface area contributed by atoms with Gasteiger partial charge in [0.2, 0.25) is 0 Å². The molecule has 0 spiro atoms. The van der Waals surface area contributed by atoms with Gasteiger partial charge >= 0.3 is 0 Å². The Morgan fingerprint density at radius 3 is 3.00 bits per heavy atom. The third kappa shape index (κ3) is 2.21. The largest absolute Gasteiger partial charge is 0.352 e. The number of nitrogens with zero attached hydrogens (tertiary/aromatic N) is 2. The molecule has 3 nitrogen and oxygen atoms in total. The Kier molecular flexibility index (Phi) is 3.06. The van der Waals surface area contributed by atoms with Crippen molar-refractivity contribution in [3.05, 3.63) is 33.2 Å². The molecule has 12 heavy (non-hydrogen) atoms. The van der Waals surface area contributed by atoms with Gasteiger partial charge in [0.15, 0.2) is 5.43 Å². The highest BCUT2D eigenvalue weighted by atomic mass is 79.9. The fraction of sp³-hybridized carbons (Fsp3) is 0.250. The van der Waals surface area contributed by atoms with Crippen molar-refractivity contribution in [1.29, 1.82) is 5.26 Å². The topological polar surface area (TPSA) is 45.8 Å². The van der Waals surface area contributed by atoms with E-state index in [0.717, 1.165) is 0 Å². The molecule has 0 unspecified atom stereocenters. The molecule has 0 fully saturated rings. The van der Waals surface area contributed by atoms with Crippen LogP contribution in [0.2, 0.25) is 0 Å². The molecule has 0 bridgehead atoms. The lowest BCUT2D eigenvalue weighted by Gasteiger charge is -2.01. The molecule has 1 aromatic heterocycles. The summed E-state index contributed by atoms with van der Waals surface area (Å²) >= 11 is 3.12. The maximum absolute atomic E-state index is 10.9. The van der Waals surface area contributed by atoms with E-state index < -0.39 is 0 Å². The second-order valence-corrected chi connectivity index (χ2v) is 3.16. The Balaban J connectivity index is 2.84. The van der Waals surface area contributed by atoms with Gasteiger partial charge in [-0.15, -0.1) is 0 Å². The second-order valence-electron chi connectivity index (χ2n) is 2.30. The number of nitriles is 1. The van der Waals surface area contributed by atoms with Crippen LogP contribution in [0.5, 0.6) is 0 Å². The van der Waals surface area contributed by atoms with Crippen molar-refractivity contribution in [2.75, 3.05) is 0 Å². The average molecular weight is 227 g/mol. The van der Waals surface area contributed by atoms with Crippen LogP contribution in [0, 0.1) is 11.3 Å². The van der Waals surface area contributed by atoms with E-state index in [2.05, 4.69) is 15.9 Å². The minimum atomic E-state index is -0.0387. The first-order valence-electron chi connectivity index (χ1n) is 3.46. The summed E-state index contributed by atoms with van der Waals surface area (Å²) in [6, 6.07) is 3.51. The van der Waals surface area contributed by atoms with Crippen LogP contribution in [0.25, 0.3) is 0 Å². The molecule has 0 amide bonds. The summed E-state index contributed by atoms with van der Waals surface area (Å²) in [6.07, 6.45) is 3.80. The average Bonchev–Trinajstić information content (AvgIpc) is 2.07. The van der Waals surface area contributed by atoms with Gasteiger partial charge in [-0.2, -0.15) is 5.26 Å². The molecule has 0 N–H and O–H groups in total. The standard InChI is InChI=1S/C8H7BrN2O/c9-7-6-11(4-1-3-10)5-2-8(7)12/h2,5-6H,1,4H2. The molecule has 0 saturated carbocycles. The predicted octanol–water partition coefficient (Wildman–Crippen LogP) is 1.52. The molecular weight excluding hydrogens is 220 g/mol. The molecule has 0 saturated heterocycles. The van der Waals surface area contributed by atoms with Crippen molar-refractivity contribution in [1.82, 2.24) is 4.57 Å². The maximum Gasteiger partial charge on any atom is 0.195 e. The molecule has 0 aliphatic carbocycles. The van der Waals surface area contributed by atoms with Crippen LogP contribution in [-0.2, 0) is 6.54 Å². The third-order valence-electron chi connectivity index (χ3n) is 1.41. The summed E-state index contributed by atoms with van der Waals surface area (Å²) in [5.74, 6) is 0. The van der Waals surface area contributed by atoms with Crippen LogP contribution in [0.1, 0.15) is 6.42 Å². The number of halogens is 1. The number of aryl methyl sites for hydroxylation is 1. The van der Waals surface area contributed by atoms with E-state index in [-0.39, 0.29) is 5.43 Å². The molecule has 0 aromatic carbocycles. The molecule has 1 heterocycles. The zero-order valence-corrected chi connectivity index (χ0v) is 7.91. The Labute approximate surface area is 78.4 Å². The van der Waals surface area contributed by atoms with Gasteiger partial charge in [0.25, 0.3) is 0 Å². The molecule has 0 radical (unpaired) electrons. The third-order valence-corrected chi connectivity index (χ3v) is 2.01. The van der Waals surface area contributed by atoms with Gasteiger partial charge in [-0.25, -0.2) is 0 Å². The summed E-state index contributed by atoms with van der Waals surface area (Å²) in [4.78, 5) is 10.9. The fourth-order valence-electron chi connectivity index (χ4n) is 0.813. The minimum Gasteiger partial charge on any atom is -0.352 e. The number of pyridine rings is 1. The highest BCUT2D eigenvalue weighted by Gasteiger charge is 1.94. The first kappa shape index (κ1) is 9.01. The molecule has 0 atom stereocenters. The summed E-state index contributed by atoms with van der Waals surface area (Å²) in [7, 11) is 0. The van der Waals surface area contributed by atoms with E-state index in [1.165, 1.54) is 6.07 Å². The summed E-state index contributed by atoms with van der Waals surface area (Å²) in [5.41, 5.74) is -0.0387. The highest BCUT2D eigenvalue weighted by molar-refractivity contribution is 9.10. The lowest BCUT2D eigenvalue weighted by Crippen LogP contribution is -2.05. The Bertz CT molecular complexity index is 364. The van der Waals surface area contributed by atoms with Gasteiger partial charge in [-0.3, -0.25) is 4.79 Å². The van der Waals surface area contributed by atoms with Gasteiger partial charge in [0.05, 0.1) is 17.0 Å². The Morgan fingerprint density at radius 2 is 2.42 bits per heavy atom. The smallest absolute Gasteiger partial charge is 0.195 e. The monoisotopic (exact) mass is 226 g/mol.